The van der Waals surface area contributed by atoms with Crippen molar-refractivity contribution in [3.8, 4) is 5.75 Å². The molecule has 88 valence electrons. The van der Waals surface area contributed by atoms with E-state index in [0.29, 0.717) is 0 Å². The van der Waals surface area contributed by atoms with Gasteiger partial charge in [-0.05, 0) is 49.1 Å². The van der Waals surface area contributed by atoms with Gasteiger partial charge in [0.05, 0.1) is 7.11 Å². The van der Waals surface area contributed by atoms with Gasteiger partial charge in [0.25, 0.3) is 0 Å². The molecule has 0 aliphatic rings. The zero-order valence-corrected chi connectivity index (χ0v) is 10.7. The van der Waals surface area contributed by atoms with Crippen LogP contribution in [0.4, 0.5) is 0 Å². The normalized spacial score (nSPS) is 10.3. The summed E-state index contributed by atoms with van der Waals surface area (Å²) in [7, 11) is 1.69. The highest BCUT2D eigenvalue weighted by Crippen LogP contribution is 2.17. The summed E-state index contributed by atoms with van der Waals surface area (Å²) in [5, 5.41) is 0. The summed E-state index contributed by atoms with van der Waals surface area (Å²) in [5.41, 5.74) is 5.39. The lowest BCUT2D eigenvalue weighted by Crippen LogP contribution is -1.92. The Balaban J connectivity index is 2.19. The molecule has 0 saturated heterocycles. The molecule has 0 fully saturated rings. The fourth-order valence-corrected chi connectivity index (χ4v) is 2.01. The molecule has 0 aromatic heterocycles. The van der Waals surface area contributed by atoms with Gasteiger partial charge in [0.2, 0.25) is 0 Å². The zero-order chi connectivity index (χ0) is 12.3. The van der Waals surface area contributed by atoms with Crippen LogP contribution in [-0.2, 0) is 6.42 Å². The standard InChI is InChI=1S/C16H18O/c1-12-4-7-15(13(2)10-12)11-14-5-8-16(17-3)9-6-14/h4-10H,11H2,1-3H3. The van der Waals surface area contributed by atoms with E-state index in [0.717, 1.165) is 12.2 Å². The summed E-state index contributed by atoms with van der Waals surface area (Å²) in [6.45, 7) is 4.30. The molecule has 1 heteroatoms. The van der Waals surface area contributed by atoms with Gasteiger partial charge in [-0.25, -0.2) is 0 Å². The lowest BCUT2D eigenvalue weighted by atomic mass is 9.99. The Morgan fingerprint density at radius 1 is 0.941 bits per heavy atom. The van der Waals surface area contributed by atoms with Crippen LogP contribution in [0.2, 0.25) is 0 Å². The van der Waals surface area contributed by atoms with Gasteiger partial charge in [-0.1, -0.05) is 35.9 Å². The van der Waals surface area contributed by atoms with Gasteiger partial charge >= 0.3 is 0 Å². The van der Waals surface area contributed by atoms with Crippen molar-refractivity contribution >= 4 is 0 Å². The second-order valence-electron chi connectivity index (χ2n) is 4.45. The molecule has 1 nitrogen and oxygen atoms in total. The van der Waals surface area contributed by atoms with E-state index in [4.69, 9.17) is 4.74 Å². The quantitative estimate of drug-likeness (QED) is 0.771. The van der Waals surface area contributed by atoms with Crippen LogP contribution in [-0.4, -0.2) is 7.11 Å². The molecule has 0 bridgehead atoms. The second-order valence-corrected chi connectivity index (χ2v) is 4.45. The van der Waals surface area contributed by atoms with Crippen molar-refractivity contribution in [1.29, 1.82) is 0 Å². The van der Waals surface area contributed by atoms with E-state index in [9.17, 15) is 0 Å². The minimum absolute atomic E-state index is 0.911. The zero-order valence-electron chi connectivity index (χ0n) is 10.7. The molecule has 2 aromatic carbocycles. The van der Waals surface area contributed by atoms with Crippen LogP contribution in [0.3, 0.4) is 0 Å². The van der Waals surface area contributed by atoms with Crippen LogP contribution in [0.25, 0.3) is 0 Å². The lowest BCUT2D eigenvalue weighted by Gasteiger charge is -2.07. The molecule has 0 radical (unpaired) electrons. The summed E-state index contributed by atoms with van der Waals surface area (Å²) in [5.74, 6) is 0.911. The first kappa shape index (κ1) is 11.7. The Hall–Kier alpha value is -1.76. The average molecular weight is 226 g/mol. The number of hydrogen-bond donors (Lipinski definition) is 0. The molecule has 0 N–H and O–H groups in total. The molecule has 0 amide bonds. The number of hydrogen-bond acceptors (Lipinski definition) is 1. The van der Waals surface area contributed by atoms with E-state index in [-0.39, 0.29) is 0 Å². The molecule has 17 heavy (non-hydrogen) atoms. The van der Waals surface area contributed by atoms with E-state index < -0.39 is 0 Å². The van der Waals surface area contributed by atoms with Crippen molar-refractivity contribution in [3.63, 3.8) is 0 Å². The highest BCUT2D eigenvalue weighted by Gasteiger charge is 2.01. The third kappa shape index (κ3) is 2.88. The molecule has 0 unspecified atom stereocenters. The van der Waals surface area contributed by atoms with Gasteiger partial charge in [-0.2, -0.15) is 0 Å². The molecule has 2 aromatic rings. The van der Waals surface area contributed by atoms with E-state index in [1.165, 1.54) is 22.3 Å². The van der Waals surface area contributed by atoms with Gasteiger partial charge in [-0.3, -0.25) is 0 Å². The van der Waals surface area contributed by atoms with Gasteiger partial charge in [-0.15, -0.1) is 0 Å². The SMILES string of the molecule is COc1ccc(Cc2ccc(C)cc2C)cc1. The first-order valence-corrected chi connectivity index (χ1v) is 5.88. The van der Waals surface area contributed by atoms with E-state index in [1.807, 2.05) is 12.1 Å². The van der Waals surface area contributed by atoms with Crippen LogP contribution < -0.4 is 4.74 Å². The maximum Gasteiger partial charge on any atom is 0.118 e. The third-order valence-electron chi connectivity index (χ3n) is 3.05. The van der Waals surface area contributed by atoms with Gasteiger partial charge in [0, 0.05) is 0 Å². The molecular weight excluding hydrogens is 208 g/mol. The number of methoxy groups -OCH3 is 1. The maximum atomic E-state index is 5.16. The molecule has 0 aliphatic carbocycles. The number of rotatable bonds is 3. The highest BCUT2D eigenvalue weighted by molar-refractivity contribution is 5.36. The number of benzene rings is 2. The van der Waals surface area contributed by atoms with Crippen molar-refractivity contribution in [2.24, 2.45) is 0 Å². The minimum Gasteiger partial charge on any atom is -0.497 e. The van der Waals surface area contributed by atoms with Crippen molar-refractivity contribution < 1.29 is 4.74 Å². The van der Waals surface area contributed by atoms with Gasteiger partial charge < -0.3 is 4.74 Å². The Labute approximate surface area is 103 Å². The van der Waals surface area contributed by atoms with Crippen molar-refractivity contribution in [1.82, 2.24) is 0 Å². The molecule has 0 saturated carbocycles. The van der Waals surface area contributed by atoms with Crippen LogP contribution in [0, 0.1) is 13.8 Å². The van der Waals surface area contributed by atoms with Crippen molar-refractivity contribution in [2.75, 3.05) is 7.11 Å². The summed E-state index contributed by atoms with van der Waals surface area (Å²) in [4.78, 5) is 0. The van der Waals surface area contributed by atoms with Crippen molar-refractivity contribution in [3.05, 3.63) is 64.7 Å². The second kappa shape index (κ2) is 5.05. The monoisotopic (exact) mass is 226 g/mol. The fraction of sp³-hybridized carbons (Fsp3) is 0.250. The average Bonchev–Trinajstić information content (AvgIpc) is 2.34. The first-order chi connectivity index (χ1) is 8.19. The predicted molar refractivity (Wildman–Crippen MR) is 71.7 cm³/mol. The topological polar surface area (TPSA) is 9.23 Å². The molecular formula is C16H18O. The molecule has 0 heterocycles. The minimum atomic E-state index is 0.911. The van der Waals surface area contributed by atoms with E-state index >= 15 is 0 Å². The summed E-state index contributed by atoms with van der Waals surface area (Å²) < 4.78 is 5.16. The predicted octanol–water partition coefficient (Wildman–Crippen LogP) is 3.90. The Bertz CT molecular complexity index is 497. The Kier molecular flexibility index (Phi) is 3.48. The maximum absolute atomic E-state index is 5.16. The lowest BCUT2D eigenvalue weighted by molar-refractivity contribution is 0.414. The van der Waals surface area contributed by atoms with Crippen LogP contribution >= 0.6 is 0 Å². The van der Waals surface area contributed by atoms with Crippen molar-refractivity contribution in [2.45, 2.75) is 20.3 Å². The molecule has 2 rings (SSSR count). The molecule has 0 spiro atoms. The number of ether oxygens (including phenoxy) is 1. The smallest absolute Gasteiger partial charge is 0.118 e. The van der Waals surface area contributed by atoms with Gasteiger partial charge in [0.1, 0.15) is 5.75 Å². The Morgan fingerprint density at radius 3 is 2.24 bits per heavy atom. The Morgan fingerprint density at radius 2 is 1.65 bits per heavy atom. The first-order valence-electron chi connectivity index (χ1n) is 5.88. The molecule has 0 atom stereocenters. The summed E-state index contributed by atoms with van der Waals surface area (Å²) >= 11 is 0. The van der Waals surface area contributed by atoms with Crippen LogP contribution in [0.5, 0.6) is 5.75 Å². The van der Waals surface area contributed by atoms with Crippen LogP contribution in [0.15, 0.2) is 42.5 Å². The highest BCUT2D eigenvalue weighted by atomic mass is 16.5. The largest absolute Gasteiger partial charge is 0.497 e. The third-order valence-corrected chi connectivity index (χ3v) is 3.05. The summed E-state index contributed by atoms with van der Waals surface area (Å²) in [6.07, 6.45) is 0.982. The number of aryl methyl sites for hydroxylation is 2. The van der Waals surface area contributed by atoms with E-state index in [2.05, 4.69) is 44.2 Å². The fourth-order valence-electron chi connectivity index (χ4n) is 2.01. The van der Waals surface area contributed by atoms with E-state index in [1.54, 1.807) is 7.11 Å². The van der Waals surface area contributed by atoms with Crippen LogP contribution in [0.1, 0.15) is 22.3 Å². The molecule has 0 aliphatic heterocycles. The summed E-state index contributed by atoms with van der Waals surface area (Å²) in [6, 6.07) is 14.9. The van der Waals surface area contributed by atoms with Gasteiger partial charge in [0.15, 0.2) is 0 Å².